The van der Waals surface area contributed by atoms with Crippen molar-refractivity contribution in [3.8, 4) is 11.5 Å². The van der Waals surface area contributed by atoms with Crippen LogP contribution in [0.15, 0.2) is 103 Å². The quantitative estimate of drug-likeness (QED) is 0.166. The number of benzene rings is 4. The van der Waals surface area contributed by atoms with Crippen LogP contribution in [0.5, 0.6) is 11.5 Å². The zero-order chi connectivity index (χ0) is 38.9. The van der Waals surface area contributed by atoms with E-state index in [-0.39, 0.29) is 30.4 Å². The van der Waals surface area contributed by atoms with Gasteiger partial charge in [0.05, 0.1) is 54.9 Å². The second-order valence-corrected chi connectivity index (χ2v) is 15.4. The molecule has 4 aromatic rings. The third-order valence-electron chi connectivity index (χ3n) is 12.3. The third-order valence-corrected chi connectivity index (χ3v) is 12.5. The highest BCUT2D eigenvalue weighted by molar-refractivity contribution is 6.30. The van der Waals surface area contributed by atoms with Gasteiger partial charge in [0.1, 0.15) is 17.3 Å². The van der Waals surface area contributed by atoms with Crippen molar-refractivity contribution in [2.45, 2.75) is 24.2 Å². The highest BCUT2D eigenvalue weighted by Crippen LogP contribution is 2.65. The molecule has 4 aromatic carbocycles. The Kier molecular flexibility index (Phi) is 8.85. The van der Waals surface area contributed by atoms with Crippen molar-refractivity contribution in [2.75, 3.05) is 48.6 Å². The van der Waals surface area contributed by atoms with Crippen molar-refractivity contribution in [3.63, 3.8) is 0 Å². The molecule has 56 heavy (non-hydrogen) atoms. The molecule has 11 nitrogen and oxygen atoms in total. The Balaban J connectivity index is 1.17. The Labute approximate surface area is 327 Å². The molecule has 0 spiro atoms. The van der Waals surface area contributed by atoms with E-state index < -0.39 is 52.6 Å². The fourth-order valence-corrected chi connectivity index (χ4v) is 9.91. The van der Waals surface area contributed by atoms with E-state index in [4.69, 9.17) is 21.1 Å². The zero-order valence-corrected chi connectivity index (χ0v) is 31.1. The van der Waals surface area contributed by atoms with Crippen LogP contribution >= 0.6 is 11.6 Å². The number of phenolic OH excluding ortho intramolecular Hbond substituents is 1. The minimum absolute atomic E-state index is 0.0675. The topological polar surface area (TPSA) is 129 Å². The van der Waals surface area contributed by atoms with E-state index in [1.165, 1.54) is 42.3 Å². The molecule has 4 fully saturated rings. The predicted octanol–water partition coefficient (Wildman–Crippen LogP) is 6.22. The summed E-state index contributed by atoms with van der Waals surface area (Å²) in [7, 11) is 1.48. The van der Waals surface area contributed by atoms with Crippen molar-refractivity contribution in [1.82, 2.24) is 5.01 Å². The summed E-state index contributed by atoms with van der Waals surface area (Å²) in [6.07, 6.45) is 2.22. The van der Waals surface area contributed by atoms with Gasteiger partial charge in [-0.2, -0.15) is 5.01 Å². The Morgan fingerprint density at radius 2 is 1.55 bits per heavy atom. The van der Waals surface area contributed by atoms with Crippen molar-refractivity contribution >= 4 is 52.3 Å². The summed E-state index contributed by atoms with van der Waals surface area (Å²) in [4.78, 5) is 62.6. The maximum absolute atomic E-state index is 15.3. The number of imide groups is 2. The number of rotatable bonds is 7. The van der Waals surface area contributed by atoms with Crippen molar-refractivity contribution in [3.05, 3.63) is 125 Å². The van der Waals surface area contributed by atoms with Gasteiger partial charge in [-0.15, -0.1) is 0 Å². The third kappa shape index (κ3) is 5.48. The lowest BCUT2D eigenvalue weighted by Gasteiger charge is -2.50. The van der Waals surface area contributed by atoms with Gasteiger partial charge in [0.15, 0.2) is 0 Å². The standard InChI is InChI=1S/C43H38ClFN4O7/c1-55-30-14-15-32(36(50)22-30)38-31-16-17-33-37(41(53)48(39(33)51)29-12-10-28(11-13-29)47-18-20-56-21-19-47)34(31)23-35-40(52)49(46-27-8-6-26(45)7-9-27)42(54)43(35,38)24-2-4-25(44)5-3-24/h2-16,22,33-35,37-38,46,50H,17-21,23H2,1H3. The van der Waals surface area contributed by atoms with Crippen LogP contribution in [0.4, 0.5) is 21.5 Å². The number of anilines is 3. The Hall–Kier alpha value is -5.72. The lowest BCUT2D eigenvalue weighted by Crippen LogP contribution is -2.53. The lowest BCUT2D eigenvalue weighted by molar-refractivity contribution is -0.138. The molecular formula is C43H38ClFN4O7. The number of hydrogen-bond acceptors (Lipinski definition) is 9. The molecule has 0 radical (unpaired) electrons. The van der Waals surface area contributed by atoms with Crippen LogP contribution in [-0.2, 0) is 29.3 Å². The van der Waals surface area contributed by atoms with E-state index in [9.17, 15) is 23.9 Å². The highest BCUT2D eigenvalue weighted by Gasteiger charge is 2.70. The number of amides is 4. The van der Waals surface area contributed by atoms with Gasteiger partial charge < -0.3 is 19.5 Å². The fraction of sp³-hybridized carbons (Fsp3) is 0.302. The molecule has 3 aliphatic heterocycles. The van der Waals surface area contributed by atoms with Crippen molar-refractivity contribution in [2.24, 2.45) is 23.7 Å². The van der Waals surface area contributed by atoms with Crippen LogP contribution in [0.25, 0.3) is 0 Å². The van der Waals surface area contributed by atoms with Gasteiger partial charge in [-0.25, -0.2) is 4.39 Å². The molecule has 0 aromatic heterocycles. The zero-order valence-electron chi connectivity index (χ0n) is 30.4. The largest absolute Gasteiger partial charge is 0.508 e. The summed E-state index contributed by atoms with van der Waals surface area (Å²) in [6.45, 7) is 2.72. The van der Waals surface area contributed by atoms with Crippen molar-refractivity contribution < 1.29 is 38.1 Å². The molecule has 5 aliphatic rings. The normalized spacial score (nSPS) is 27.2. The van der Waals surface area contributed by atoms with Gasteiger partial charge in [0, 0.05) is 41.3 Å². The maximum atomic E-state index is 15.3. The summed E-state index contributed by atoms with van der Waals surface area (Å²) in [6, 6.07) is 24.2. The SMILES string of the molecule is COc1ccc(C2C3=CCC4C(=O)N(c5ccc(N6CCOCC6)cc5)C(=O)C4C3CC3C(=O)N(Nc4ccc(F)cc4)C(=O)C32c2ccc(Cl)cc2)c(O)c1. The predicted molar refractivity (Wildman–Crippen MR) is 206 cm³/mol. The van der Waals surface area contributed by atoms with E-state index in [1.807, 2.05) is 18.2 Å². The monoisotopic (exact) mass is 776 g/mol. The number of methoxy groups -OCH3 is 1. The van der Waals surface area contributed by atoms with Gasteiger partial charge in [0.25, 0.3) is 11.8 Å². The van der Waals surface area contributed by atoms with Crippen LogP contribution in [0.2, 0.25) is 5.02 Å². The van der Waals surface area contributed by atoms with Gasteiger partial charge in [-0.3, -0.25) is 29.5 Å². The summed E-state index contributed by atoms with van der Waals surface area (Å²) in [5, 5.41) is 13.1. The molecule has 4 amide bonds. The molecule has 3 saturated heterocycles. The number of phenols is 1. The fourth-order valence-electron chi connectivity index (χ4n) is 9.78. The highest BCUT2D eigenvalue weighted by atomic mass is 35.5. The molecule has 1 saturated carbocycles. The van der Waals surface area contributed by atoms with Crippen LogP contribution in [0, 0.1) is 29.5 Å². The van der Waals surface area contributed by atoms with E-state index in [0.29, 0.717) is 52.1 Å². The molecule has 6 atom stereocenters. The average Bonchev–Trinajstić information content (AvgIpc) is 3.60. The molecule has 13 heteroatoms. The van der Waals surface area contributed by atoms with Gasteiger partial charge >= 0.3 is 0 Å². The number of ether oxygens (including phenoxy) is 2. The summed E-state index contributed by atoms with van der Waals surface area (Å²) in [5.41, 5.74) is 4.59. The number of morpholine rings is 1. The number of nitrogens with one attached hydrogen (secondary N) is 1. The van der Waals surface area contributed by atoms with Crippen LogP contribution < -0.4 is 20.0 Å². The summed E-state index contributed by atoms with van der Waals surface area (Å²) in [5.74, 6) is -6.26. The maximum Gasteiger partial charge on any atom is 0.260 e. The number of allylic oxidation sites excluding steroid dienone is 2. The van der Waals surface area contributed by atoms with Crippen LogP contribution in [0.1, 0.15) is 29.9 Å². The van der Waals surface area contributed by atoms with E-state index in [1.54, 1.807) is 48.5 Å². The van der Waals surface area contributed by atoms with E-state index in [0.717, 1.165) is 23.8 Å². The summed E-state index contributed by atoms with van der Waals surface area (Å²) >= 11 is 6.38. The summed E-state index contributed by atoms with van der Waals surface area (Å²) < 4.78 is 24.8. The molecule has 9 rings (SSSR count). The second kappa shape index (κ2) is 13.8. The Bertz CT molecular complexity index is 2280. The molecule has 6 unspecified atom stereocenters. The van der Waals surface area contributed by atoms with Crippen LogP contribution in [0.3, 0.4) is 0 Å². The van der Waals surface area contributed by atoms with Gasteiger partial charge in [-0.05, 0) is 91.1 Å². The van der Waals surface area contributed by atoms with Gasteiger partial charge in [-0.1, -0.05) is 41.4 Å². The first-order valence-corrected chi connectivity index (χ1v) is 19.0. The molecule has 2 N–H and O–H groups in total. The first-order valence-electron chi connectivity index (χ1n) is 18.7. The first-order chi connectivity index (χ1) is 27.1. The number of fused-ring (bicyclic) bond motifs is 4. The molecular weight excluding hydrogens is 739 g/mol. The minimum atomic E-state index is -1.63. The Morgan fingerprint density at radius 3 is 2.23 bits per heavy atom. The smallest absolute Gasteiger partial charge is 0.260 e. The molecule has 3 heterocycles. The second-order valence-electron chi connectivity index (χ2n) is 14.9. The minimum Gasteiger partial charge on any atom is -0.508 e. The van der Waals surface area contributed by atoms with Crippen LogP contribution in [-0.4, -0.2) is 67.2 Å². The number of hydrazine groups is 1. The first kappa shape index (κ1) is 35.9. The number of hydrogen-bond donors (Lipinski definition) is 2. The molecule has 0 bridgehead atoms. The number of carbonyl (C=O) groups is 4. The number of carbonyl (C=O) groups excluding carboxylic acids is 4. The van der Waals surface area contributed by atoms with E-state index >= 15 is 4.79 Å². The number of halogens is 2. The van der Waals surface area contributed by atoms with Gasteiger partial charge in [0.2, 0.25) is 11.8 Å². The number of aromatic hydroxyl groups is 1. The molecule has 2 aliphatic carbocycles. The van der Waals surface area contributed by atoms with E-state index in [2.05, 4.69) is 10.3 Å². The van der Waals surface area contributed by atoms with Crippen molar-refractivity contribution in [1.29, 1.82) is 0 Å². The average molecular weight is 777 g/mol. The number of nitrogens with zero attached hydrogens (tertiary/aromatic N) is 3. The molecule has 286 valence electrons. The Morgan fingerprint density at radius 1 is 0.857 bits per heavy atom. The lowest BCUT2D eigenvalue weighted by atomic mass is 9.49.